The molecule has 0 spiro atoms. The first kappa shape index (κ1) is 34.6. The second kappa shape index (κ2) is 13.8. The minimum absolute atomic E-state index is 0.228. The molecule has 8 aromatic rings. The van der Waals surface area contributed by atoms with E-state index in [1.807, 2.05) is 59.6 Å². The number of sulfone groups is 2. The SMILES string of the molecule is CS(=O)(=O)c1ccc(-c2cccn3nc(NC(c4cccnc4)N(Cc4cccnc4)c4nc5c(-c6ccc(S(C)(=O)=O)cc6)cccn5n4)nc23)cc1. The Morgan fingerprint density at radius 1 is 0.648 bits per heavy atom. The van der Waals surface area contributed by atoms with Gasteiger partial charge >= 0.3 is 0 Å². The van der Waals surface area contributed by atoms with Crippen LogP contribution in [0.1, 0.15) is 17.3 Å². The van der Waals surface area contributed by atoms with Gasteiger partial charge in [-0.05, 0) is 77.4 Å². The van der Waals surface area contributed by atoms with Gasteiger partial charge in [-0.15, -0.1) is 10.2 Å². The van der Waals surface area contributed by atoms with Crippen LogP contribution in [0.2, 0.25) is 0 Å². The normalized spacial score (nSPS) is 12.6. The highest BCUT2D eigenvalue weighted by molar-refractivity contribution is 7.91. The van der Waals surface area contributed by atoms with E-state index in [0.717, 1.165) is 33.4 Å². The van der Waals surface area contributed by atoms with Crippen LogP contribution in [0, 0.1) is 0 Å². The monoisotopic (exact) mass is 756 g/mol. The van der Waals surface area contributed by atoms with Gasteiger partial charge < -0.3 is 10.2 Å². The van der Waals surface area contributed by atoms with Gasteiger partial charge in [0, 0.05) is 72.9 Å². The molecule has 1 atom stereocenters. The number of fused-ring (bicyclic) bond motifs is 2. The molecule has 0 amide bonds. The molecule has 16 heteroatoms. The fraction of sp³-hybridized carbons (Fsp3) is 0.105. The Hall–Kier alpha value is -6.52. The fourth-order valence-electron chi connectivity index (χ4n) is 6.16. The zero-order chi connectivity index (χ0) is 37.5. The lowest BCUT2D eigenvalue weighted by molar-refractivity contribution is 0.600. The summed E-state index contributed by atoms with van der Waals surface area (Å²) in [6.45, 7) is 0.334. The summed E-state index contributed by atoms with van der Waals surface area (Å²) in [5.41, 5.74) is 5.91. The number of benzene rings is 2. The van der Waals surface area contributed by atoms with Gasteiger partial charge in [-0.25, -0.2) is 25.9 Å². The van der Waals surface area contributed by atoms with E-state index in [1.54, 1.807) is 88.5 Å². The molecule has 2 aromatic carbocycles. The molecule has 6 aromatic heterocycles. The van der Waals surface area contributed by atoms with Crippen molar-refractivity contribution >= 4 is 42.9 Å². The molecule has 0 aliphatic rings. The molecule has 270 valence electrons. The van der Waals surface area contributed by atoms with Crippen LogP contribution < -0.4 is 10.2 Å². The molecule has 54 heavy (non-hydrogen) atoms. The maximum atomic E-state index is 12.1. The predicted octanol–water partition coefficient (Wildman–Crippen LogP) is 5.52. The van der Waals surface area contributed by atoms with Crippen LogP contribution >= 0.6 is 0 Å². The molecule has 0 radical (unpaired) electrons. The molecule has 8 rings (SSSR count). The third-order valence-corrected chi connectivity index (χ3v) is 11.1. The number of aromatic nitrogens is 8. The second-order valence-electron chi connectivity index (χ2n) is 12.6. The van der Waals surface area contributed by atoms with Crippen molar-refractivity contribution in [2.24, 2.45) is 0 Å². The molecule has 0 aliphatic heterocycles. The van der Waals surface area contributed by atoms with Gasteiger partial charge in [0.15, 0.2) is 31.0 Å². The molecular formula is C38H32N10O4S2. The summed E-state index contributed by atoms with van der Waals surface area (Å²) < 4.78 is 51.8. The molecule has 1 N–H and O–H groups in total. The Kier molecular flexibility index (Phi) is 8.83. The topological polar surface area (TPSA) is 170 Å². The van der Waals surface area contributed by atoms with Crippen LogP contribution in [0.3, 0.4) is 0 Å². The first-order chi connectivity index (χ1) is 26.0. The average molecular weight is 757 g/mol. The van der Waals surface area contributed by atoms with Gasteiger partial charge in [0.25, 0.3) is 0 Å². The fourth-order valence-corrected chi connectivity index (χ4v) is 7.43. The Morgan fingerprint density at radius 2 is 1.20 bits per heavy atom. The van der Waals surface area contributed by atoms with Crippen LogP contribution in [0.15, 0.2) is 144 Å². The summed E-state index contributed by atoms with van der Waals surface area (Å²) in [5.74, 6) is 0.700. The molecule has 6 heterocycles. The van der Waals surface area contributed by atoms with Gasteiger partial charge in [-0.2, -0.15) is 9.97 Å². The van der Waals surface area contributed by atoms with Crippen molar-refractivity contribution in [2.75, 3.05) is 22.7 Å². The van der Waals surface area contributed by atoms with E-state index in [1.165, 1.54) is 12.5 Å². The van der Waals surface area contributed by atoms with Gasteiger partial charge in [0.2, 0.25) is 11.9 Å². The molecule has 0 aliphatic carbocycles. The number of pyridine rings is 4. The summed E-state index contributed by atoms with van der Waals surface area (Å²) in [6.07, 6.45) is 12.3. The quantitative estimate of drug-likeness (QED) is 0.164. The van der Waals surface area contributed by atoms with E-state index in [4.69, 9.17) is 20.2 Å². The molecule has 0 saturated heterocycles. The lowest BCUT2D eigenvalue weighted by Gasteiger charge is -2.31. The van der Waals surface area contributed by atoms with Crippen LogP contribution in [-0.4, -0.2) is 68.5 Å². The number of anilines is 2. The van der Waals surface area contributed by atoms with Crippen LogP contribution in [-0.2, 0) is 26.2 Å². The Morgan fingerprint density at radius 3 is 1.74 bits per heavy atom. The second-order valence-corrected chi connectivity index (χ2v) is 16.7. The molecule has 1 unspecified atom stereocenters. The molecule has 0 bridgehead atoms. The highest BCUT2D eigenvalue weighted by Crippen LogP contribution is 2.32. The smallest absolute Gasteiger partial charge is 0.247 e. The molecular weight excluding hydrogens is 725 g/mol. The lowest BCUT2D eigenvalue weighted by atomic mass is 10.1. The summed E-state index contributed by atoms with van der Waals surface area (Å²) in [5, 5.41) is 13.2. The number of hydrogen-bond acceptors (Lipinski definition) is 12. The predicted molar refractivity (Wildman–Crippen MR) is 204 cm³/mol. The van der Waals surface area contributed by atoms with Crippen molar-refractivity contribution in [1.29, 1.82) is 0 Å². The number of nitrogens with one attached hydrogen (secondary N) is 1. The Bertz CT molecular complexity index is 2830. The van der Waals surface area contributed by atoms with Crippen LogP contribution in [0.5, 0.6) is 0 Å². The summed E-state index contributed by atoms with van der Waals surface area (Å²) in [6, 6.07) is 28.5. The van der Waals surface area contributed by atoms with E-state index < -0.39 is 25.8 Å². The van der Waals surface area contributed by atoms with Crippen molar-refractivity contribution in [3.63, 3.8) is 0 Å². The summed E-state index contributed by atoms with van der Waals surface area (Å²) in [4.78, 5) is 21.2. The maximum Gasteiger partial charge on any atom is 0.247 e. The highest BCUT2D eigenvalue weighted by Gasteiger charge is 2.28. The number of rotatable bonds is 11. The third-order valence-electron chi connectivity index (χ3n) is 8.81. The third kappa shape index (κ3) is 6.99. The van der Waals surface area contributed by atoms with Gasteiger partial charge in [0.05, 0.1) is 9.79 Å². The standard InChI is InChI=1S/C38H32N10O4S2/c1-53(49,50)30-15-11-27(12-16-30)32-9-5-21-47-35(32)42-37(44-47)41-34(29-8-4-20-40-24-29)46(25-26-7-3-19-39-23-26)38-43-36-33(10-6-22-48(36)45-38)28-13-17-31(18-14-28)54(2,51)52/h3-24,34H,25H2,1-2H3,(H,41,44). The average Bonchev–Trinajstić information content (AvgIpc) is 3.81. The molecule has 0 fully saturated rings. The zero-order valence-electron chi connectivity index (χ0n) is 29.0. The van der Waals surface area contributed by atoms with E-state index in [-0.39, 0.29) is 9.79 Å². The minimum Gasteiger partial charge on any atom is -0.329 e. The van der Waals surface area contributed by atoms with E-state index in [9.17, 15) is 16.8 Å². The largest absolute Gasteiger partial charge is 0.329 e. The Labute approximate surface area is 310 Å². The zero-order valence-corrected chi connectivity index (χ0v) is 30.6. The van der Waals surface area contributed by atoms with Crippen molar-refractivity contribution in [1.82, 2.24) is 39.2 Å². The minimum atomic E-state index is -3.36. The van der Waals surface area contributed by atoms with Crippen molar-refractivity contribution in [2.45, 2.75) is 22.5 Å². The van der Waals surface area contributed by atoms with Crippen molar-refractivity contribution in [3.8, 4) is 22.3 Å². The highest BCUT2D eigenvalue weighted by atomic mass is 32.2. The summed E-state index contributed by atoms with van der Waals surface area (Å²) in [7, 11) is -6.72. The molecule has 14 nitrogen and oxygen atoms in total. The van der Waals surface area contributed by atoms with E-state index in [0.29, 0.717) is 29.7 Å². The number of hydrogen-bond donors (Lipinski definition) is 1. The van der Waals surface area contributed by atoms with E-state index >= 15 is 0 Å². The number of nitrogens with zero attached hydrogens (tertiary/aromatic N) is 9. The van der Waals surface area contributed by atoms with Gasteiger partial charge in [-0.1, -0.05) is 36.4 Å². The molecule has 0 saturated carbocycles. The van der Waals surface area contributed by atoms with E-state index in [2.05, 4.69) is 15.3 Å². The maximum absolute atomic E-state index is 12.1. The summed E-state index contributed by atoms with van der Waals surface area (Å²) >= 11 is 0. The first-order valence-corrected chi connectivity index (χ1v) is 20.4. The van der Waals surface area contributed by atoms with Crippen molar-refractivity contribution < 1.29 is 16.8 Å². The first-order valence-electron chi connectivity index (χ1n) is 16.6. The van der Waals surface area contributed by atoms with Gasteiger partial charge in [-0.3, -0.25) is 9.97 Å². The Balaban J connectivity index is 1.22. The van der Waals surface area contributed by atoms with Crippen LogP contribution in [0.25, 0.3) is 33.5 Å². The van der Waals surface area contributed by atoms with Crippen LogP contribution in [0.4, 0.5) is 11.9 Å². The van der Waals surface area contributed by atoms with Gasteiger partial charge in [0.1, 0.15) is 6.17 Å². The lowest BCUT2D eigenvalue weighted by Crippen LogP contribution is -2.35. The van der Waals surface area contributed by atoms with Crippen molar-refractivity contribution in [3.05, 3.63) is 145 Å².